The first-order valence-corrected chi connectivity index (χ1v) is 28.0. The maximum Gasteiger partial charge on any atom is 0.261 e. The van der Waals surface area contributed by atoms with Crippen molar-refractivity contribution >= 4 is 61.9 Å². The van der Waals surface area contributed by atoms with Gasteiger partial charge in [0.15, 0.2) is 5.78 Å². The van der Waals surface area contributed by atoms with E-state index in [1.54, 1.807) is 12.1 Å². The molecule has 1 saturated carbocycles. The van der Waals surface area contributed by atoms with Crippen molar-refractivity contribution in [3.63, 3.8) is 0 Å². The zero-order valence-corrected chi connectivity index (χ0v) is 43.5. The highest BCUT2D eigenvalue weighted by Gasteiger charge is 2.33. The Hall–Kier alpha value is -5.28. The third kappa shape index (κ3) is 12.2. The summed E-state index contributed by atoms with van der Waals surface area (Å²) < 4.78 is 32.5. The fraction of sp³-hybridized carbons (Fsp3) is 0.386. The van der Waals surface area contributed by atoms with Crippen LogP contribution in [0.3, 0.4) is 0 Å². The lowest BCUT2D eigenvalue weighted by Gasteiger charge is -2.37. The molecule has 3 fully saturated rings. The van der Waals surface area contributed by atoms with Crippen LogP contribution >= 0.6 is 23.4 Å². The number of carbonyl (C=O) groups excluding carboxylic acids is 1. The Labute approximate surface area is 429 Å². The first-order chi connectivity index (χ1) is 34.3. The fourth-order valence-electron chi connectivity index (χ4n) is 10.5. The number of sulfonamides is 1. The topological polar surface area (TPSA) is 130 Å². The summed E-state index contributed by atoms with van der Waals surface area (Å²) in [6.07, 6.45) is 4.67. The molecular weight excluding hydrogens is 948 g/mol. The molecule has 0 spiro atoms. The number of piperidine rings is 1. The zero-order chi connectivity index (χ0) is 49.6. The number of aryl methyl sites for hydroxylation is 1. The Kier molecular flexibility index (Phi) is 16.2. The number of anilines is 4. The number of aromatic nitrogens is 1. The summed E-state index contributed by atoms with van der Waals surface area (Å²) in [5, 5.41) is 24.6. The third-order valence-corrected chi connectivity index (χ3v) is 17.6. The second kappa shape index (κ2) is 22.6. The van der Waals surface area contributed by atoms with E-state index in [-0.39, 0.29) is 34.8 Å². The Morgan fingerprint density at radius 2 is 1.39 bits per heavy atom. The Morgan fingerprint density at radius 1 is 0.732 bits per heavy atom. The van der Waals surface area contributed by atoms with Crippen LogP contribution in [0.15, 0.2) is 131 Å². The number of rotatable bonds is 17. The average molecular weight is 1020 g/mol. The van der Waals surface area contributed by atoms with Crippen LogP contribution < -0.4 is 19.8 Å². The minimum atomic E-state index is -3.86. The molecule has 0 bridgehead atoms. The number of nitrogens with zero attached hydrogens (tertiary/aromatic N) is 4. The SMILES string of the molecule is Cc1cc(S(=O)(=O)Nc2ccc(N3CCN(c4cccc(-c5c(C(=O)C6CCC(O)CC6)c(C)n(C)c5-c5ccc(Cl)cc5)c4)CC3)cc2)ccc1N[C@H](CCN1CCC(O)CC1)CSc1ccccc1. The molecule has 2 aliphatic heterocycles. The summed E-state index contributed by atoms with van der Waals surface area (Å²) in [5.74, 6) is 0.886. The highest BCUT2D eigenvalue weighted by molar-refractivity contribution is 7.99. The van der Waals surface area contributed by atoms with E-state index in [2.05, 4.69) is 77.8 Å². The normalized spacial score (nSPS) is 18.6. The predicted octanol–water partition coefficient (Wildman–Crippen LogP) is 10.9. The second-order valence-corrected chi connectivity index (χ2v) is 22.8. The van der Waals surface area contributed by atoms with Gasteiger partial charge in [0.25, 0.3) is 10.0 Å². The molecule has 0 radical (unpaired) electrons. The number of aliphatic hydroxyl groups is 2. The number of Topliss-reactive ketones (excluding diaryl/α,β-unsaturated/α-hetero) is 1. The largest absolute Gasteiger partial charge is 0.393 e. The van der Waals surface area contributed by atoms with Crippen LogP contribution in [-0.4, -0.2) is 104 Å². The fourth-order valence-corrected chi connectivity index (χ4v) is 12.7. The molecule has 1 aromatic heterocycles. The molecule has 9 rings (SSSR count). The summed E-state index contributed by atoms with van der Waals surface area (Å²) in [5.41, 5.74) is 9.97. The van der Waals surface area contributed by atoms with E-state index in [1.807, 2.05) is 93.3 Å². The number of benzene rings is 5. The molecule has 3 aliphatic rings. The van der Waals surface area contributed by atoms with Gasteiger partial charge in [-0.15, -0.1) is 11.8 Å². The first-order valence-electron chi connectivity index (χ1n) is 25.2. The molecule has 71 heavy (non-hydrogen) atoms. The highest BCUT2D eigenvalue weighted by Crippen LogP contribution is 2.43. The monoisotopic (exact) mass is 1010 g/mol. The van der Waals surface area contributed by atoms with Crippen molar-refractivity contribution in [3.8, 4) is 22.4 Å². The summed E-state index contributed by atoms with van der Waals surface area (Å²) in [6, 6.07) is 39.8. The van der Waals surface area contributed by atoms with E-state index in [1.165, 1.54) is 4.90 Å². The first kappa shape index (κ1) is 50.7. The molecular formula is C57H67ClN6O5S2. The molecule has 1 aliphatic carbocycles. The number of nitrogens with one attached hydrogen (secondary N) is 2. The van der Waals surface area contributed by atoms with Crippen LogP contribution in [0.5, 0.6) is 0 Å². The van der Waals surface area contributed by atoms with Gasteiger partial charge in [0.05, 0.1) is 22.8 Å². The van der Waals surface area contributed by atoms with Gasteiger partial charge in [0.2, 0.25) is 0 Å². The van der Waals surface area contributed by atoms with Crippen molar-refractivity contribution in [1.82, 2.24) is 9.47 Å². The Bertz CT molecular complexity index is 2870. The van der Waals surface area contributed by atoms with E-state index in [4.69, 9.17) is 11.6 Å². The van der Waals surface area contributed by atoms with Gasteiger partial charge in [-0.3, -0.25) is 9.52 Å². The predicted molar refractivity (Wildman–Crippen MR) is 292 cm³/mol. The van der Waals surface area contributed by atoms with Crippen LogP contribution in [0.2, 0.25) is 5.02 Å². The van der Waals surface area contributed by atoms with Gasteiger partial charge in [-0.1, -0.05) is 54.1 Å². The maximum absolute atomic E-state index is 14.5. The summed E-state index contributed by atoms with van der Waals surface area (Å²) in [4.78, 5) is 23.0. The number of aliphatic hydroxyl groups excluding tert-OH is 2. The van der Waals surface area contributed by atoms with Crippen molar-refractivity contribution < 1.29 is 23.4 Å². The molecule has 1 atom stereocenters. The van der Waals surface area contributed by atoms with Gasteiger partial charge in [0, 0.05) is 120 Å². The van der Waals surface area contributed by atoms with E-state index in [0.29, 0.717) is 36.4 Å². The molecule has 6 aromatic rings. The molecule has 5 aromatic carbocycles. The van der Waals surface area contributed by atoms with Crippen molar-refractivity contribution in [2.75, 3.05) is 71.4 Å². The number of likely N-dealkylation sites (tertiary alicyclic amines) is 1. The van der Waals surface area contributed by atoms with Crippen molar-refractivity contribution in [3.05, 3.63) is 143 Å². The van der Waals surface area contributed by atoms with Crippen LogP contribution in [-0.2, 0) is 17.1 Å². The number of carbonyl (C=O) groups is 1. The van der Waals surface area contributed by atoms with Gasteiger partial charge in [-0.2, -0.15) is 0 Å². The molecule has 11 nitrogen and oxygen atoms in total. The number of halogens is 1. The summed E-state index contributed by atoms with van der Waals surface area (Å²) in [7, 11) is -1.83. The van der Waals surface area contributed by atoms with Gasteiger partial charge < -0.3 is 34.8 Å². The Morgan fingerprint density at radius 3 is 2.07 bits per heavy atom. The lowest BCUT2D eigenvalue weighted by molar-refractivity contribution is 0.0764. The van der Waals surface area contributed by atoms with E-state index in [9.17, 15) is 23.4 Å². The molecule has 14 heteroatoms. The van der Waals surface area contributed by atoms with E-state index in [0.717, 1.165) is 127 Å². The number of ketones is 1. The molecule has 0 unspecified atom stereocenters. The molecule has 374 valence electrons. The van der Waals surface area contributed by atoms with E-state index >= 15 is 0 Å². The number of hydrogen-bond donors (Lipinski definition) is 4. The summed E-state index contributed by atoms with van der Waals surface area (Å²) in [6.45, 7) is 9.85. The van der Waals surface area contributed by atoms with Crippen LogP contribution in [0.4, 0.5) is 22.7 Å². The van der Waals surface area contributed by atoms with Crippen molar-refractivity contribution in [2.45, 2.75) is 86.8 Å². The molecule has 4 N–H and O–H groups in total. The van der Waals surface area contributed by atoms with E-state index < -0.39 is 10.0 Å². The number of thioether (sulfide) groups is 1. The minimum absolute atomic E-state index is 0.126. The highest BCUT2D eigenvalue weighted by atomic mass is 35.5. The molecule has 3 heterocycles. The van der Waals surface area contributed by atoms with Crippen molar-refractivity contribution in [2.24, 2.45) is 13.0 Å². The minimum Gasteiger partial charge on any atom is -0.393 e. The van der Waals surface area contributed by atoms with Crippen LogP contribution in [0.1, 0.15) is 66.6 Å². The second-order valence-electron chi connectivity index (χ2n) is 19.6. The lowest BCUT2D eigenvalue weighted by atomic mass is 9.81. The summed E-state index contributed by atoms with van der Waals surface area (Å²) >= 11 is 8.16. The third-order valence-electron chi connectivity index (χ3n) is 14.8. The van der Waals surface area contributed by atoms with Crippen molar-refractivity contribution in [1.29, 1.82) is 0 Å². The lowest BCUT2D eigenvalue weighted by Crippen LogP contribution is -2.46. The van der Waals surface area contributed by atoms with Gasteiger partial charge >= 0.3 is 0 Å². The van der Waals surface area contributed by atoms with Gasteiger partial charge in [-0.05, 0) is 154 Å². The number of hydrogen-bond acceptors (Lipinski definition) is 10. The molecule has 0 amide bonds. The van der Waals surface area contributed by atoms with Gasteiger partial charge in [0.1, 0.15) is 0 Å². The van der Waals surface area contributed by atoms with Crippen LogP contribution in [0, 0.1) is 19.8 Å². The van der Waals surface area contributed by atoms with Gasteiger partial charge in [-0.25, -0.2) is 8.42 Å². The quantitative estimate of drug-likeness (QED) is 0.0518. The Balaban J connectivity index is 0.843. The molecule has 2 saturated heterocycles. The zero-order valence-electron chi connectivity index (χ0n) is 41.1. The maximum atomic E-state index is 14.5. The van der Waals surface area contributed by atoms with Crippen LogP contribution in [0.25, 0.3) is 22.4 Å². The average Bonchev–Trinajstić information content (AvgIpc) is 3.65. The number of piperazine rings is 1. The smallest absolute Gasteiger partial charge is 0.261 e. The standard InChI is InChI=1S/C57H67ClN6O5S2/c1-39-36-52(24-25-53(39)59-46(38-70-51-10-5-4-6-11-51)26-29-62-30-27-50(66)28-31-62)71(68,69)60-45-18-20-47(21-19-45)63-32-34-64(35-33-63)48-9-7-8-43(37-48)55-54(57(67)42-14-22-49(65)23-15-42)40(2)61(3)56(55)41-12-16-44(58)17-13-41/h4-13,16-21,24-25,36-37,42,46,49-50,59-60,65-66H,14-15,22-23,26-35,38H2,1-3H3/t42?,46-,49?/m1/s1.